The minimum absolute atomic E-state index is 0.648. The van der Waals surface area contributed by atoms with Gasteiger partial charge in [0.15, 0.2) is 11.6 Å². The number of aromatic amines is 1. The summed E-state index contributed by atoms with van der Waals surface area (Å²) in [6, 6.07) is 24.1. The molecule has 0 spiro atoms. The molecular formula is C22H15N5. The number of H-pyrrole nitrogens is 1. The van der Waals surface area contributed by atoms with Crippen LogP contribution in [-0.2, 0) is 0 Å². The molecule has 1 N–H and O–H groups in total. The number of benzene rings is 2. The van der Waals surface area contributed by atoms with Crippen molar-refractivity contribution in [2.75, 3.05) is 0 Å². The molecular weight excluding hydrogens is 334 g/mol. The first kappa shape index (κ1) is 15.4. The van der Waals surface area contributed by atoms with Gasteiger partial charge in [-0.25, -0.2) is 9.97 Å². The van der Waals surface area contributed by atoms with E-state index in [1.165, 1.54) is 0 Å². The van der Waals surface area contributed by atoms with Crippen molar-refractivity contribution < 1.29 is 0 Å². The molecule has 5 rings (SSSR count). The fourth-order valence-corrected chi connectivity index (χ4v) is 3.14. The molecule has 27 heavy (non-hydrogen) atoms. The van der Waals surface area contributed by atoms with Gasteiger partial charge in [-0.15, -0.1) is 0 Å². The van der Waals surface area contributed by atoms with Crippen molar-refractivity contribution in [1.82, 2.24) is 25.1 Å². The number of hydrogen-bond acceptors (Lipinski definition) is 4. The smallest absolute Gasteiger partial charge is 0.181 e. The maximum absolute atomic E-state index is 4.83. The first-order valence-electron chi connectivity index (χ1n) is 8.67. The SMILES string of the molecule is c1ccc(-c2cc(-c3nc(-c4ccncc4)n[nH]3)c3ccccc3n2)cc1. The molecule has 5 heteroatoms. The number of rotatable bonds is 3. The molecule has 0 radical (unpaired) electrons. The third kappa shape index (κ3) is 2.85. The molecule has 5 nitrogen and oxygen atoms in total. The molecule has 0 aliphatic heterocycles. The quantitative estimate of drug-likeness (QED) is 0.510. The van der Waals surface area contributed by atoms with Crippen LogP contribution >= 0.6 is 0 Å². The maximum Gasteiger partial charge on any atom is 0.181 e. The van der Waals surface area contributed by atoms with Gasteiger partial charge < -0.3 is 0 Å². The van der Waals surface area contributed by atoms with Gasteiger partial charge in [0.25, 0.3) is 0 Å². The van der Waals surface area contributed by atoms with Crippen LogP contribution in [0.15, 0.2) is 85.2 Å². The van der Waals surface area contributed by atoms with Gasteiger partial charge in [-0.2, -0.15) is 5.10 Å². The third-order valence-corrected chi connectivity index (χ3v) is 4.46. The fourth-order valence-electron chi connectivity index (χ4n) is 3.14. The average Bonchev–Trinajstić information content (AvgIpc) is 3.24. The van der Waals surface area contributed by atoms with E-state index < -0.39 is 0 Å². The Hall–Kier alpha value is -3.86. The standard InChI is InChI=1S/C22H15N5/c1-2-6-15(7-3-1)20-14-18(17-8-4-5-9-19(17)24-20)22-25-21(26-27-22)16-10-12-23-13-11-16/h1-14H,(H,25,26,27). The van der Waals surface area contributed by atoms with Crippen LogP contribution < -0.4 is 0 Å². The van der Waals surface area contributed by atoms with Crippen molar-refractivity contribution in [2.24, 2.45) is 0 Å². The monoisotopic (exact) mass is 349 g/mol. The largest absolute Gasteiger partial charge is 0.265 e. The highest BCUT2D eigenvalue weighted by Crippen LogP contribution is 2.31. The van der Waals surface area contributed by atoms with Crippen LogP contribution in [0.3, 0.4) is 0 Å². The predicted molar refractivity (Wildman–Crippen MR) is 106 cm³/mol. The van der Waals surface area contributed by atoms with Gasteiger partial charge >= 0.3 is 0 Å². The van der Waals surface area contributed by atoms with Crippen molar-refractivity contribution in [1.29, 1.82) is 0 Å². The fraction of sp³-hybridized carbons (Fsp3) is 0. The summed E-state index contributed by atoms with van der Waals surface area (Å²) in [4.78, 5) is 13.6. The lowest BCUT2D eigenvalue weighted by molar-refractivity contribution is 1.10. The van der Waals surface area contributed by atoms with Crippen LogP contribution in [0.5, 0.6) is 0 Å². The lowest BCUT2D eigenvalue weighted by Gasteiger charge is -2.08. The predicted octanol–water partition coefficient (Wildman–Crippen LogP) is 4.75. The number of nitrogens with one attached hydrogen (secondary N) is 1. The molecule has 0 aliphatic carbocycles. The molecule has 2 aromatic carbocycles. The van der Waals surface area contributed by atoms with E-state index in [9.17, 15) is 0 Å². The van der Waals surface area contributed by atoms with Crippen molar-refractivity contribution in [3.8, 4) is 34.0 Å². The Labute approximate surface area is 155 Å². The number of fused-ring (bicyclic) bond motifs is 1. The summed E-state index contributed by atoms with van der Waals surface area (Å²) in [6.45, 7) is 0. The topological polar surface area (TPSA) is 67.3 Å². The van der Waals surface area contributed by atoms with E-state index in [-0.39, 0.29) is 0 Å². The minimum Gasteiger partial charge on any atom is -0.265 e. The van der Waals surface area contributed by atoms with Crippen LogP contribution in [0.25, 0.3) is 44.9 Å². The van der Waals surface area contributed by atoms with Gasteiger partial charge in [-0.1, -0.05) is 48.5 Å². The van der Waals surface area contributed by atoms with Gasteiger partial charge in [0.2, 0.25) is 0 Å². The number of pyridine rings is 2. The first-order valence-corrected chi connectivity index (χ1v) is 8.67. The summed E-state index contributed by atoms with van der Waals surface area (Å²) in [5.41, 5.74) is 4.81. The van der Waals surface area contributed by atoms with E-state index in [0.717, 1.165) is 39.1 Å². The minimum atomic E-state index is 0.648. The molecule has 128 valence electrons. The Bertz CT molecular complexity index is 1210. The van der Waals surface area contributed by atoms with Crippen LogP contribution in [0.1, 0.15) is 0 Å². The molecule has 0 atom stereocenters. The Balaban J connectivity index is 1.70. The third-order valence-electron chi connectivity index (χ3n) is 4.46. The number of para-hydroxylation sites is 1. The second-order valence-electron chi connectivity index (χ2n) is 6.18. The molecule has 0 fully saturated rings. The summed E-state index contributed by atoms with van der Waals surface area (Å²) < 4.78 is 0. The van der Waals surface area contributed by atoms with Crippen LogP contribution in [0, 0.1) is 0 Å². The van der Waals surface area contributed by atoms with E-state index in [0.29, 0.717) is 5.82 Å². The van der Waals surface area contributed by atoms with E-state index in [1.54, 1.807) is 12.4 Å². The molecule has 3 heterocycles. The summed E-state index contributed by atoms with van der Waals surface area (Å²) in [5, 5.41) is 8.51. The Morgan fingerprint density at radius 2 is 1.48 bits per heavy atom. The molecule has 0 bridgehead atoms. The van der Waals surface area contributed by atoms with Gasteiger partial charge in [-0.3, -0.25) is 10.1 Å². The van der Waals surface area contributed by atoms with Crippen LogP contribution in [0.4, 0.5) is 0 Å². The highest BCUT2D eigenvalue weighted by molar-refractivity contribution is 5.95. The Morgan fingerprint density at radius 3 is 2.33 bits per heavy atom. The highest BCUT2D eigenvalue weighted by atomic mass is 15.2. The molecule has 5 aromatic rings. The average molecular weight is 349 g/mol. The van der Waals surface area contributed by atoms with Gasteiger partial charge in [0.05, 0.1) is 11.2 Å². The first-order chi connectivity index (χ1) is 13.4. The van der Waals surface area contributed by atoms with E-state index in [4.69, 9.17) is 9.97 Å². The van der Waals surface area contributed by atoms with E-state index >= 15 is 0 Å². The van der Waals surface area contributed by atoms with Gasteiger partial charge in [0, 0.05) is 34.5 Å². The Kier molecular flexibility index (Phi) is 3.68. The number of hydrogen-bond donors (Lipinski definition) is 1. The lowest BCUT2D eigenvalue weighted by atomic mass is 10.0. The summed E-state index contributed by atoms with van der Waals surface area (Å²) in [6.07, 6.45) is 3.47. The lowest BCUT2D eigenvalue weighted by Crippen LogP contribution is -1.91. The molecule has 0 saturated heterocycles. The zero-order valence-corrected chi connectivity index (χ0v) is 14.4. The molecule has 3 aromatic heterocycles. The molecule has 0 unspecified atom stereocenters. The van der Waals surface area contributed by atoms with E-state index in [2.05, 4.69) is 39.4 Å². The van der Waals surface area contributed by atoms with Crippen LogP contribution in [-0.4, -0.2) is 25.1 Å². The van der Waals surface area contributed by atoms with Crippen molar-refractivity contribution in [3.05, 3.63) is 85.2 Å². The van der Waals surface area contributed by atoms with Crippen molar-refractivity contribution >= 4 is 10.9 Å². The second kappa shape index (κ2) is 6.46. The maximum atomic E-state index is 4.83. The summed E-state index contributed by atoms with van der Waals surface area (Å²) >= 11 is 0. The Morgan fingerprint density at radius 1 is 0.704 bits per heavy atom. The molecule has 0 amide bonds. The van der Waals surface area contributed by atoms with Gasteiger partial charge in [-0.05, 0) is 24.3 Å². The zero-order chi connectivity index (χ0) is 18.1. The highest BCUT2D eigenvalue weighted by Gasteiger charge is 2.13. The van der Waals surface area contributed by atoms with Crippen LogP contribution in [0.2, 0.25) is 0 Å². The van der Waals surface area contributed by atoms with Crippen molar-refractivity contribution in [3.63, 3.8) is 0 Å². The van der Waals surface area contributed by atoms with E-state index in [1.807, 2.05) is 48.5 Å². The number of nitrogens with zero attached hydrogens (tertiary/aromatic N) is 4. The molecule has 0 aliphatic rings. The summed E-state index contributed by atoms with van der Waals surface area (Å²) in [7, 11) is 0. The second-order valence-corrected chi connectivity index (χ2v) is 6.18. The normalized spacial score (nSPS) is 11.0. The van der Waals surface area contributed by atoms with Crippen molar-refractivity contribution in [2.45, 2.75) is 0 Å². The molecule has 0 saturated carbocycles. The number of aromatic nitrogens is 5. The van der Waals surface area contributed by atoms with Gasteiger partial charge in [0.1, 0.15) is 0 Å². The zero-order valence-electron chi connectivity index (χ0n) is 14.4. The summed E-state index contributed by atoms with van der Waals surface area (Å²) in [5.74, 6) is 1.37.